The summed E-state index contributed by atoms with van der Waals surface area (Å²) in [4.78, 5) is 17.6. The Kier molecular flexibility index (Phi) is 5.48. The zero-order chi connectivity index (χ0) is 21.4. The molecule has 3 aliphatic rings. The van der Waals surface area contributed by atoms with Crippen LogP contribution < -0.4 is 5.32 Å². The summed E-state index contributed by atoms with van der Waals surface area (Å²) in [5, 5.41) is 23.1. The lowest BCUT2D eigenvalue weighted by atomic mass is 9.76. The number of rotatable bonds is 3. The number of carbonyl (C=O) groups is 1. The number of fused-ring (bicyclic) bond motifs is 4. The first-order valence-electron chi connectivity index (χ1n) is 11.5. The Bertz CT molecular complexity index is 949. The molecule has 0 radical (unpaired) electrons. The van der Waals surface area contributed by atoms with Crippen molar-refractivity contribution in [1.82, 2.24) is 15.1 Å². The molecule has 3 aliphatic heterocycles. The van der Waals surface area contributed by atoms with Crippen LogP contribution in [0.3, 0.4) is 0 Å². The average molecular weight is 422 g/mol. The molecule has 2 amide bonds. The van der Waals surface area contributed by atoms with Gasteiger partial charge in [0.25, 0.3) is 0 Å². The lowest BCUT2D eigenvalue weighted by molar-refractivity contribution is 0.00568. The van der Waals surface area contributed by atoms with Crippen molar-refractivity contribution in [3.63, 3.8) is 0 Å². The van der Waals surface area contributed by atoms with E-state index in [-0.39, 0.29) is 29.6 Å². The van der Waals surface area contributed by atoms with Gasteiger partial charge in [-0.3, -0.25) is 4.90 Å². The Morgan fingerprint density at radius 1 is 1.10 bits per heavy atom. The molecule has 31 heavy (non-hydrogen) atoms. The van der Waals surface area contributed by atoms with E-state index in [0.717, 1.165) is 62.9 Å². The minimum atomic E-state index is -0.0538. The number of piperidine rings is 2. The number of carbonyl (C=O) groups excluding carboxylic acids is 1. The van der Waals surface area contributed by atoms with E-state index >= 15 is 0 Å². The second-order valence-corrected chi connectivity index (χ2v) is 9.17. The molecule has 0 bridgehead atoms. The summed E-state index contributed by atoms with van der Waals surface area (Å²) in [5.74, 6) is 0.400. The van der Waals surface area contributed by atoms with Gasteiger partial charge in [0, 0.05) is 38.3 Å². The third-order valence-electron chi connectivity index (χ3n) is 7.35. The van der Waals surface area contributed by atoms with E-state index in [2.05, 4.69) is 27.2 Å². The van der Waals surface area contributed by atoms with Crippen molar-refractivity contribution < 1.29 is 15.0 Å². The van der Waals surface area contributed by atoms with Gasteiger partial charge in [-0.05, 0) is 66.8 Å². The molecule has 5 rings (SSSR count). The van der Waals surface area contributed by atoms with Gasteiger partial charge in [0.15, 0.2) is 11.5 Å². The first-order valence-corrected chi connectivity index (χ1v) is 11.5. The van der Waals surface area contributed by atoms with Gasteiger partial charge in [-0.15, -0.1) is 0 Å². The van der Waals surface area contributed by atoms with Gasteiger partial charge in [0.2, 0.25) is 0 Å². The fourth-order valence-corrected chi connectivity index (χ4v) is 5.79. The Morgan fingerprint density at radius 2 is 1.90 bits per heavy atom. The molecule has 3 N–H and O–H groups in total. The zero-order valence-electron chi connectivity index (χ0n) is 17.8. The van der Waals surface area contributed by atoms with Crippen molar-refractivity contribution in [2.24, 2.45) is 5.92 Å². The first-order chi connectivity index (χ1) is 15.1. The van der Waals surface area contributed by atoms with Crippen LogP contribution in [0.25, 0.3) is 0 Å². The van der Waals surface area contributed by atoms with Gasteiger partial charge in [-0.2, -0.15) is 0 Å². The van der Waals surface area contributed by atoms with Crippen LogP contribution in [0.5, 0.6) is 11.5 Å². The molecule has 6 heteroatoms. The molecule has 2 aromatic rings. The van der Waals surface area contributed by atoms with Gasteiger partial charge >= 0.3 is 6.03 Å². The minimum Gasteiger partial charge on any atom is -0.504 e. The first kappa shape index (κ1) is 20.2. The number of hydrogen-bond donors (Lipinski definition) is 3. The van der Waals surface area contributed by atoms with E-state index in [1.807, 2.05) is 18.2 Å². The number of benzene rings is 2. The predicted octanol–water partition coefficient (Wildman–Crippen LogP) is 3.43. The van der Waals surface area contributed by atoms with E-state index in [4.69, 9.17) is 0 Å². The summed E-state index contributed by atoms with van der Waals surface area (Å²) in [6, 6.07) is 14.1. The summed E-state index contributed by atoms with van der Waals surface area (Å²) in [6.45, 7) is 3.40. The molecular formula is C25H31N3O3. The van der Waals surface area contributed by atoms with Crippen molar-refractivity contribution in [1.29, 1.82) is 0 Å². The van der Waals surface area contributed by atoms with Crippen LogP contribution in [0.15, 0.2) is 42.5 Å². The number of urea groups is 1. The van der Waals surface area contributed by atoms with Crippen molar-refractivity contribution >= 4 is 6.03 Å². The summed E-state index contributed by atoms with van der Waals surface area (Å²) in [6.07, 6.45) is 4.82. The third-order valence-corrected chi connectivity index (χ3v) is 7.35. The molecule has 3 heterocycles. The SMILES string of the molecule is O=C(NCCc1ccccc1)N1CCC[C@@H]2CN3CCc4cc(O)c(O)cc4[C@H]3C[C@@H]21. The van der Waals surface area contributed by atoms with Gasteiger partial charge in [-0.1, -0.05) is 30.3 Å². The van der Waals surface area contributed by atoms with Crippen LogP contribution in [-0.2, 0) is 12.8 Å². The maximum absolute atomic E-state index is 13.1. The normalized spacial score (nSPS) is 25.3. The molecular weight excluding hydrogens is 390 g/mol. The second-order valence-electron chi connectivity index (χ2n) is 9.17. The van der Waals surface area contributed by atoms with Crippen LogP contribution in [0.2, 0.25) is 0 Å². The van der Waals surface area contributed by atoms with E-state index < -0.39 is 0 Å². The van der Waals surface area contributed by atoms with E-state index in [9.17, 15) is 15.0 Å². The van der Waals surface area contributed by atoms with Crippen molar-refractivity contribution in [2.75, 3.05) is 26.2 Å². The van der Waals surface area contributed by atoms with Crippen molar-refractivity contribution in [3.8, 4) is 11.5 Å². The van der Waals surface area contributed by atoms with Crippen LogP contribution in [0.4, 0.5) is 4.79 Å². The number of likely N-dealkylation sites (tertiary alicyclic amines) is 1. The molecule has 0 aromatic heterocycles. The number of phenolic OH excluding ortho intramolecular Hbond substituents is 2. The van der Waals surface area contributed by atoms with Gasteiger partial charge < -0.3 is 20.4 Å². The van der Waals surface area contributed by atoms with Gasteiger partial charge in [-0.25, -0.2) is 4.79 Å². The van der Waals surface area contributed by atoms with Crippen LogP contribution in [-0.4, -0.2) is 58.3 Å². The monoisotopic (exact) mass is 421 g/mol. The molecule has 6 nitrogen and oxygen atoms in total. The number of nitrogens with zero attached hydrogens (tertiary/aromatic N) is 2. The molecule has 2 saturated heterocycles. The molecule has 164 valence electrons. The third kappa shape index (κ3) is 3.97. The van der Waals surface area contributed by atoms with E-state index in [0.29, 0.717) is 12.5 Å². The molecule has 0 unspecified atom stereocenters. The Balaban J connectivity index is 1.29. The number of hydrogen-bond acceptors (Lipinski definition) is 4. The smallest absolute Gasteiger partial charge is 0.317 e. The van der Waals surface area contributed by atoms with E-state index in [1.54, 1.807) is 12.1 Å². The zero-order valence-corrected chi connectivity index (χ0v) is 17.8. The molecule has 0 saturated carbocycles. The fourth-order valence-electron chi connectivity index (χ4n) is 5.79. The highest BCUT2D eigenvalue weighted by atomic mass is 16.3. The maximum Gasteiger partial charge on any atom is 0.317 e. The topological polar surface area (TPSA) is 76.0 Å². The quantitative estimate of drug-likeness (QED) is 0.664. The minimum absolute atomic E-state index is 0.0435. The lowest BCUT2D eigenvalue weighted by Gasteiger charge is -2.52. The Morgan fingerprint density at radius 3 is 2.74 bits per heavy atom. The van der Waals surface area contributed by atoms with Crippen molar-refractivity contribution in [2.45, 2.75) is 44.2 Å². The van der Waals surface area contributed by atoms with Crippen molar-refractivity contribution in [3.05, 3.63) is 59.2 Å². The lowest BCUT2D eigenvalue weighted by Crippen LogP contribution is -2.59. The van der Waals surface area contributed by atoms with Gasteiger partial charge in [0.05, 0.1) is 0 Å². The second kappa shape index (κ2) is 8.42. The molecule has 0 spiro atoms. The fraction of sp³-hybridized carbons (Fsp3) is 0.480. The Labute approximate surface area is 183 Å². The highest BCUT2D eigenvalue weighted by molar-refractivity contribution is 5.74. The average Bonchev–Trinajstić information content (AvgIpc) is 2.79. The predicted molar refractivity (Wildman–Crippen MR) is 119 cm³/mol. The number of aromatic hydroxyl groups is 2. The van der Waals surface area contributed by atoms with Gasteiger partial charge in [0.1, 0.15) is 0 Å². The summed E-state index contributed by atoms with van der Waals surface area (Å²) in [7, 11) is 0. The van der Waals surface area contributed by atoms with Crippen LogP contribution >= 0.6 is 0 Å². The summed E-state index contributed by atoms with van der Waals surface area (Å²) >= 11 is 0. The number of amides is 2. The molecule has 3 atom stereocenters. The highest BCUT2D eigenvalue weighted by Gasteiger charge is 2.44. The summed E-state index contributed by atoms with van der Waals surface area (Å²) in [5.41, 5.74) is 3.45. The van der Waals surface area contributed by atoms with Crippen LogP contribution in [0, 0.1) is 5.92 Å². The van der Waals surface area contributed by atoms with Crippen LogP contribution in [0.1, 0.15) is 42.0 Å². The Hall–Kier alpha value is -2.73. The maximum atomic E-state index is 13.1. The van der Waals surface area contributed by atoms with E-state index in [1.165, 1.54) is 5.56 Å². The highest BCUT2D eigenvalue weighted by Crippen LogP contribution is 2.45. The largest absolute Gasteiger partial charge is 0.504 e. The number of phenols is 2. The summed E-state index contributed by atoms with van der Waals surface area (Å²) < 4.78 is 0. The number of nitrogens with one attached hydrogen (secondary N) is 1. The molecule has 2 fully saturated rings. The standard InChI is InChI=1S/C25H31N3O3/c29-23-13-18-9-12-27-16-19-7-4-11-28(21(19)15-22(27)20(18)14-24(23)30)25(31)26-10-8-17-5-2-1-3-6-17/h1-3,5-6,13-14,19,21-22,29-30H,4,7-12,15-16H2,(H,26,31)/t19-,21+,22-/m1/s1. The molecule has 2 aromatic carbocycles. The molecule has 0 aliphatic carbocycles.